The lowest BCUT2D eigenvalue weighted by molar-refractivity contribution is 0.362. The number of rotatable bonds is 3. The summed E-state index contributed by atoms with van der Waals surface area (Å²) >= 11 is 1.83. The molecule has 19 heavy (non-hydrogen) atoms. The summed E-state index contributed by atoms with van der Waals surface area (Å²) in [4.78, 5) is 8.81. The number of hydrogen-bond acceptors (Lipinski definition) is 4. The van der Waals surface area contributed by atoms with E-state index >= 15 is 0 Å². The largest absolute Gasteiger partial charge is 0.345 e. The van der Waals surface area contributed by atoms with Gasteiger partial charge in [-0.25, -0.2) is 4.98 Å². The molecule has 1 aromatic rings. The molecule has 3 rings (SSSR count). The fourth-order valence-electron chi connectivity index (χ4n) is 3.76. The minimum Gasteiger partial charge on any atom is -0.345 e. The van der Waals surface area contributed by atoms with E-state index in [-0.39, 0.29) is 0 Å². The summed E-state index contributed by atoms with van der Waals surface area (Å²) < 4.78 is 0. The van der Waals surface area contributed by atoms with E-state index in [0.29, 0.717) is 12.5 Å². The van der Waals surface area contributed by atoms with Gasteiger partial charge in [-0.1, -0.05) is 20.3 Å². The molecular weight excluding hydrogens is 254 g/mol. The first-order chi connectivity index (χ1) is 9.20. The number of aromatic nitrogens is 1. The van der Waals surface area contributed by atoms with Gasteiger partial charge in [-0.05, 0) is 37.5 Å². The van der Waals surface area contributed by atoms with Gasteiger partial charge in [0.15, 0.2) is 5.13 Å². The fraction of sp³-hybridized carbons (Fsp3) is 0.800. The number of hydrogen-bond donors (Lipinski definition) is 1. The third kappa shape index (κ3) is 2.40. The third-order valence-corrected chi connectivity index (χ3v) is 5.82. The van der Waals surface area contributed by atoms with Crippen LogP contribution >= 0.6 is 11.3 Å². The molecule has 1 aliphatic carbocycles. The molecule has 0 radical (unpaired) electrons. The lowest BCUT2D eigenvalue weighted by Crippen LogP contribution is -2.42. The van der Waals surface area contributed by atoms with Crippen molar-refractivity contribution in [3.8, 4) is 0 Å². The van der Waals surface area contributed by atoms with E-state index in [0.717, 1.165) is 12.0 Å². The van der Waals surface area contributed by atoms with Gasteiger partial charge in [-0.15, -0.1) is 11.3 Å². The minimum absolute atomic E-state index is 0.479. The van der Waals surface area contributed by atoms with E-state index in [9.17, 15) is 0 Å². The maximum atomic E-state index is 5.89. The van der Waals surface area contributed by atoms with E-state index in [4.69, 9.17) is 10.7 Å². The number of thiazole rings is 1. The molecule has 106 valence electrons. The highest BCUT2D eigenvalue weighted by Crippen LogP contribution is 2.41. The Hall–Kier alpha value is -0.610. The van der Waals surface area contributed by atoms with Crippen molar-refractivity contribution in [3.05, 3.63) is 10.6 Å². The van der Waals surface area contributed by atoms with Crippen LogP contribution in [0.5, 0.6) is 0 Å². The number of anilines is 1. The van der Waals surface area contributed by atoms with Crippen molar-refractivity contribution in [2.75, 3.05) is 11.4 Å². The summed E-state index contributed by atoms with van der Waals surface area (Å²) in [5, 5.41) is 1.24. The summed E-state index contributed by atoms with van der Waals surface area (Å²) in [7, 11) is 0. The van der Waals surface area contributed by atoms with Crippen LogP contribution in [-0.4, -0.2) is 17.6 Å². The Kier molecular flexibility index (Phi) is 3.81. The third-order valence-electron chi connectivity index (χ3n) is 4.69. The van der Waals surface area contributed by atoms with E-state index in [1.807, 2.05) is 11.3 Å². The van der Waals surface area contributed by atoms with Crippen molar-refractivity contribution < 1.29 is 0 Å². The van der Waals surface area contributed by atoms with Crippen LogP contribution in [0.4, 0.5) is 5.13 Å². The zero-order valence-electron chi connectivity index (χ0n) is 12.1. The molecule has 2 atom stereocenters. The van der Waals surface area contributed by atoms with Crippen LogP contribution in [0.15, 0.2) is 0 Å². The van der Waals surface area contributed by atoms with Crippen LogP contribution in [0.25, 0.3) is 0 Å². The van der Waals surface area contributed by atoms with Gasteiger partial charge in [0.1, 0.15) is 0 Å². The van der Waals surface area contributed by atoms with Gasteiger partial charge in [-0.2, -0.15) is 0 Å². The van der Waals surface area contributed by atoms with E-state index in [1.54, 1.807) is 0 Å². The molecule has 1 aliphatic heterocycles. The van der Waals surface area contributed by atoms with Crippen LogP contribution in [0, 0.1) is 5.92 Å². The van der Waals surface area contributed by atoms with Gasteiger partial charge in [-0.3, -0.25) is 0 Å². The topological polar surface area (TPSA) is 42.2 Å². The maximum Gasteiger partial charge on any atom is 0.186 e. The summed E-state index contributed by atoms with van der Waals surface area (Å²) in [6, 6.07) is 0.755. The SMILES string of the molecule is CC(C)c1nc(N2CCCC3CCCC32)sc1CN. The van der Waals surface area contributed by atoms with Gasteiger partial charge >= 0.3 is 0 Å². The van der Waals surface area contributed by atoms with Gasteiger partial charge in [0, 0.05) is 24.0 Å². The predicted molar refractivity (Wildman–Crippen MR) is 81.8 cm³/mol. The second kappa shape index (κ2) is 5.41. The molecule has 2 fully saturated rings. The summed E-state index contributed by atoms with van der Waals surface area (Å²) in [5.74, 6) is 1.40. The van der Waals surface area contributed by atoms with Crippen LogP contribution < -0.4 is 10.6 Å². The summed E-state index contributed by atoms with van der Waals surface area (Å²) in [5.41, 5.74) is 7.11. The molecule has 0 spiro atoms. The number of piperidine rings is 1. The first-order valence-electron chi connectivity index (χ1n) is 7.67. The normalized spacial score (nSPS) is 27.1. The molecular formula is C15H25N3S. The van der Waals surface area contributed by atoms with Gasteiger partial charge < -0.3 is 10.6 Å². The monoisotopic (exact) mass is 279 g/mol. The van der Waals surface area contributed by atoms with Crippen molar-refractivity contribution in [3.63, 3.8) is 0 Å². The molecule has 2 unspecified atom stereocenters. The first-order valence-corrected chi connectivity index (χ1v) is 8.48. The van der Waals surface area contributed by atoms with Crippen LogP contribution in [-0.2, 0) is 6.54 Å². The van der Waals surface area contributed by atoms with Crippen molar-refractivity contribution in [1.82, 2.24) is 4.98 Å². The highest BCUT2D eigenvalue weighted by molar-refractivity contribution is 7.15. The van der Waals surface area contributed by atoms with Gasteiger partial charge in [0.05, 0.1) is 5.69 Å². The Bertz CT molecular complexity index is 441. The fourth-order valence-corrected chi connectivity index (χ4v) is 4.94. The Labute approximate surface area is 120 Å². The maximum absolute atomic E-state index is 5.89. The second-order valence-corrected chi connectivity index (χ2v) is 7.32. The Morgan fingerprint density at radius 3 is 2.79 bits per heavy atom. The second-order valence-electron chi connectivity index (χ2n) is 6.26. The standard InChI is InChI=1S/C15H25N3S/c1-10(2)14-13(9-16)19-15(17-14)18-8-4-6-11-5-3-7-12(11)18/h10-12H,3-9,16H2,1-2H3. The van der Waals surface area contributed by atoms with E-state index in [1.165, 1.54) is 54.4 Å². The molecule has 0 amide bonds. The van der Waals surface area contributed by atoms with Gasteiger partial charge in [0.2, 0.25) is 0 Å². The molecule has 2 aliphatic rings. The molecule has 3 nitrogen and oxygen atoms in total. The number of nitrogens with two attached hydrogens (primary N) is 1. The highest BCUT2D eigenvalue weighted by atomic mass is 32.1. The van der Waals surface area contributed by atoms with E-state index < -0.39 is 0 Å². The van der Waals surface area contributed by atoms with Crippen molar-refractivity contribution in [2.45, 2.75) is 64.5 Å². The quantitative estimate of drug-likeness (QED) is 0.921. The van der Waals surface area contributed by atoms with Crippen molar-refractivity contribution in [1.29, 1.82) is 0 Å². The summed E-state index contributed by atoms with van der Waals surface area (Å²) in [6.07, 6.45) is 6.94. The lowest BCUT2D eigenvalue weighted by atomic mass is 9.92. The highest BCUT2D eigenvalue weighted by Gasteiger charge is 2.36. The molecule has 0 bridgehead atoms. The van der Waals surface area contributed by atoms with Gasteiger partial charge in [0.25, 0.3) is 0 Å². The molecule has 1 aromatic heterocycles. The molecule has 2 N–H and O–H groups in total. The number of fused-ring (bicyclic) bond motifs is 1. The van der Waals surface area contributed by atoms with Crippen LogP contribution in [0.2, 0.25) is 0 Å². The number of nitrogens with zero attached hydrogens (tertiary/aromatic N) is 2. The Morgan fingerprint density at radius 1 is 1.32 bits per heavy atom. The Morgan fingerprint density at radius 2 is 2.11 bits per heavy atom. The molecule has 1 saturated heterocycles. The Balaban J connectivity index is 1.88. The molecule has 1 saturated carbocycles. The average Bonchev–Trinajstić information content (AvgIpc) is 3.04. The van der Waals surface area contributed by atoms with Crippen LogP contribution in [0.1, 0.15) is 62.4 Å². The first kappa shape index (κ1) is 13.4. The van der Waals surface area contributed by atoms with Crippen molar-refractivity contribution in [2.24, 2.45) is 11.7 Å². The predicted octanol–water partition coefficient (Wildman–Crippen LogP) is 3.49. The lowest BCUT2D eigenvalue weighted by Gasteiger charge is -2.37. The zero-order valence-corrected chi connectivity index (χ0v) is 12.9. The minimum atomic E-state index is 0.479. The van der Waals surface area contributed by atoms with Crippen molar-refractivity contribution >= 4 is 16.5 Å². The molecule has 2 heterocycles. The molecule has 0 aromatic carbocycles. The van der Waals surface area contributed by atoms with E-state index in [2.05, 4.69) is 18.7 Å². The van der Waals surface area contributed by atoms with Crippen LogP contribution in [0.3, 0.4) is 0 Å². The smallest absolute Gasteiger partial charge is 0.186 e. The average molecular weight is 279 g/mol. The zero-order chi connectivity index (χ0) is 13.4. The summed E-state index contributed by atoms with van der Waals surface area (Å²) in [6.45, 7) is 6.25. The molecule has 4 heteroatoms.